The first-order chi connectivity index (χ1) is 15.4. The van der Waals surface area contributed by atoms with Crippen molar-refractivity contribution in [1.29, 1.82) is 0 Å². The number of hydrogen-bond donors (Lipinski definition) is 1. The van der Waals surface area contributed by atoms with Crippen LogP contribution in [0.25, 0.3) is 0 Å². The summed E-state index contributed by atoms with van der Waals surface area (Å²) in [6, 6.07) is 12.3. The molecule has 0 aliphatic heterocycles. The van der Waals surface area contributed by atoms with E-state index in [0.29, 0.717) is 23.2 Å². The third-order valence-electron chi connectivity index (χ3n) is 4.85. The fraction of sp³-hybridized carbons (Fsp3) is 0.318. The van der Waals surface area contributed by atoms with Gasteiger partial charge in [-0.2, -0.15) is 0 Å². The summed E-state index contributed by atoms with van der Waals surface area (Å²) < 4.78 is 7.73. The van der Waals surface area contributed by atoms with Gasteiger partial charge in [0.05, 0.1) is 16.4 Å². The van der Waals surface area contributed by atoms with Crippen molar-refractivity contribution < 1.29 is 14.5 Å². The van der Waals surface area contributed by atoms with Crippen LogP contribution in [0, 0.1) is 17.0 Å². The molecule has 3 rings (SSSR count). The van der Waals surface area contributed by atoms with E-state index in [1.54, 1.807) is 13.0 Å². The van der Waals surface area contributed by atoms with Crippen LogP contribution in [0.15, 0.2) is 47.6 Å². The molecule has 168 valence electrons. The topological polar surface area (TPSA) is 112 Å². The Bertz CT molecular complexity index is 1100. The predicted octanol–water partition coefficient (Wildman–Crippen LogP) is 4.39. The summed E-state index contributed by atoms with van der Waals surface area (Å²) in [6.07, 6.45) is 0.972. The Kier molecular flexibility index (Phi) is 7.82. The van der Waals surface area contributed by atoms with Gasteiger partial charge in [0.1, 0.15) is 12.4 Å². The Morgan fingerprint density at radius 3 is 2.59 bits per heavy atom. The highest BCUT2D eigenvalue weighted by atomic mass is 32.2. The van der Waals surface area contributed by atoms with Gasteiger partial charge in [0, 0.05) is 18.7 Å². The maximum absolute atomic E-state index is 12.4. The fourth-order valence-electron chi connectivity index (χ4n) is 2.99. The van der Waals surface area contributed by atoms with Crippen molar-refractivity contribution in [3.8, 4) is 5.75 Å². The number of benzene rings is 2. The first-order valence-electron chi connectivity index (χ1n) is 10.2. The molecular weight excluding hydrogens is 430 g/mol. The van der Waals surface area contributed by atoms with Crippen LogP contribution in [-0.4, -0.2) is 31.3 Å². The molecule has 0 aliphatic carbocycles. The van der Waals surface area contributed by atoms with Crippen LogP contribution in [-0.2, 0) is 24.4 Å². The quantitative estimate of drug-likeness (QED) is 0.274. The molecule has 0 aliphatic rings. The zero-order valence-electron chi connectivity index (χ0n) is 18.2. The third kappa shape index (κ3) is 5.85. The van der Waals surface area contributed by atoms with E-state index in [9.17, 15) is 14.9 Å². The summed E-state index contributed by atoms with van der Waals surface area (Å²) in [6.45, 7) is 6.76. The van der Waals surface area contributed by atoms with E-state index in [2.05, 4.69) is 22.4 Å². The van der Waals surface area contributed by atoms with Gasteiger partial charge >= 0.3 is 0 Å². The molecule has 0 radical (unpaired) electrons. The van der Waals surface area contributed by atoms with Gasteiger partial charge in [0.2, 0.25) is 5.91 Å². The number of nitrogens with one attached hydrogen (secondary N) is 1. The minimum Gasteiger partial charge on any atom is -0.486 e. The SMILES string of the molecule is CCc1ccc(OCc2nnc(SCC(=O)Nc3cc([N+](=O)[O-])ccc3C)n2CC)cc1. The van der Waals surface area contributed by atoms with Crippen molar-refractivity contribution >= 4 is 29.0 Å². The van der Waals surface area contributed by atoms with Gasteiger partial charge in [-0.3, -0.25) is 14.9 Å². The Hall–Kier alpha value is -3.40. The van der Waals surface area contributed by atoms with E-state index in [0.717, 1.165) is 17.7 Å². The van der Waals surface area contributed by atoms with Crippen LogP contribution in [0.3, 0.4) is 0 Å². The van der Waals surface area contributed by atoms with Crippen LogP contribution in [0.2, 0.25) is 0 Å². The van der Waals surface area contributed by atoms with E-state index in [1.807, 2.05) is 35.8 Å². The molecule has 0 fully saturated rings. The summed E-state index contributed by atoms with van der Waals surface area (Å²) in [7, 11) is 0. The lowest BCUT2D eigenvalue weighted by molar-refractivity contribution is -0.384. The molecule has 2 aromatic carbocycles. The molecule has 1 heterocycles. The molecule has 3 aromatic rings. The number of carbonyl (C=O) groups excluding carboxylic acids is 1. The molecule has 0 atom stereocenters. The van der Waals surface area contributed by atoms with E-state index in [1.165, 1.54) is 29.5 Å². The van der Waals surface area contributed by atoms with E-state index < -0.39 is 4.92 Å². The van der Waals surface area contributed by atoms with Gasteiger partial charge in [-0.15, -0.1) is 10.2 Å². The lowest BCUT2D eigenvalue weighted by Gasteiger charge is -2.10. The molecule has 32 heavy (non-hydrogen) atoms. The first kappa shape index (κ1) is 23.3. The van der Waals surface area contributed by atoms with Crippen LogP contribution in [0.5, 0.6) is 5.75 Å². The number of aryl methyl sites for hydroxylation is 2. The van der Waals surface area contributed by atoms with Gasteiger partial charge in [-0.1, -0.05) is 36.9 Å². The van der Waals surface area contributed by atoms with Crippen LogP contribution in [0.1, 0.15) is 30.8 Å². The molecule has 10 heteroatoms. The highest BCUT2D eigenvalue weighted by Gasteiger charge is 2.15. The Morgan fingerprint density at radius 1 is 1.19 bits per heavy atom. The van der Waals surface area contributed by atoms with E-state index >= 15 is 0 Å². The first-order valence-corrected chi connectivity index (χ1v) is 11.2. The van der Waals surface area contributed by atoms with Crippen LogP contribution >= 0.6 is 11.8 Å². The Morgan fingerprint density at radius 2 is 1.94 bits per heavy atom. The van der Waals surface area contributed by atoms with Gasteiger partial charge in [-0.25, -0.2) is 0 Å². The Balaban J connectivity index is 1.59. The summed E-state index contributed by atoms with van der Waals surface area (Å²) in [5, 5.41) is 22.7. The molecule has 0 bridgehead atoms. The average Bonchev–Trinajstić information content (AvgIpc) is 3.19. The zero-order chi connectivity index (χ0) is 23.1. The number of nitro benzene ring substituents is 1. The molecular formula is C22H25N5O4S. The van der Waals surface area contributed by atoms with Crippen molar-refractivity contribution in [1.82, 2.24) is 14.8 Å². The van der Waals surface area contributed by atoms with Crippen molar-refractivity contribution in [2.75, 3.05) is 11.1 Å². The number of amides is 1. The Labute approximate surface area is 190 Å². The molecule has 0 saturated carbocycles. The second kappa shape index (κ2) is 10.8. The summed E-state index contributed by atoms with van der Waals surface area (Å²) >= 11 is 1.25. The largest absolute Gasteiger partial charge is 0.486 e. The van der Waals surface area contributed by atoms with Crippen molar-refractivity contribution in [2.45, 2.75) is 45.5 Å². The minimum atomic E-state index is -0.491. The van der Waals surface area contributed by atoms with Crippen molar-refractivity contribution in [3.63, 3.8) is 0 Å². The molecule has 0 saturated heterocycles. The molecule has 1 amide bonds. The van der Waals surface area contributed by atoms with Crippen molar-refractivity contribution in [3.05, 3.63) is 69.5 Å². The van der Waals surface area contributed by atoms with Crippen LogP contribution in [0.4, 0.5) is 11.4 Å². The molecule has 0 unspecified atom stereocenters. The molecule has 1 aromatic heterocycles. The minimum absolute atomic E-state index is 0.0711. The maximum atomic E-state index is 12.4. The van der Waals surface area contributed by atoms with Gasteiger partial charge in [0.25, 0.3) is 5.69 Å². The number of thioether (sulfide) groups is 1. The number of hydrogen-bond acceptors (Lipinski definition) is 7. The lowest BCUT2D eigenvalue weighted by atomic mass is 10.2. The number of carbonyl (C=O) groups is 1. The number of nitrogens with zero attached hydrogens (tertiary/aromatic N) is 4. The van der Waals surface area contributed by atoms with E-state index in [-0.39, 0.29) is 24.0 Å². The number of nitro groups is 1. The standard InChI is InChI=1S/C22H25N5O4S/c1-4-16-7-10-18(11-8-16)31-13-20-24-25-22(26(20)5-2)32-14-21(28)23-19-12-17(27(29)30)9-6-15(19)3/h6-12H,4-5,13-14H2,1-3H3,(H,23,28). The average molecular weight is 456 g/mol. The molecule has 0 spiro atoms. The van der Waals surface area contributed by atoms with Gasteiger partial charge in [0.15, 0.2) is 11.0 Å². The molecule has 1 N–H and O–H groups in total. The number of ether oxygens (including phenoxy) is 1. The number of rotatable bonds is 10. The number of aromatic nitrogens is 3. The highest BCUT2D eigenvalue weighted by molar-refractivity contribution is 7.99. The lowest BCUT2D eigenvalue weighted by Crippen LogP contribution is -2.15. The summed E-state index contributed by atoms with van der Waals surface area (Å²) in [5.41, 5.74) is 2.34. The maximum Gasteiger partial charge on any atom is 0.271 e. The monoisotopic (exact) mass is 455 g/mol. The molecule has 9 nitrogen and oxygen atoms in total. The predicted molar refractivity (Wildman–Crippen MR) is 123 cm³/mol. The number of non-ortho nitro benzene ring substituents is 1. The fourth-order valence-corrected chi connectivity index (χ4v) is 3.82. The van der Waals surface area contributed by atoms with Crippen molar-refractivity contribution in [2.24, 2.45) is 0 Å². The van der Waals surface area contributed by atoms with Gasteiger partial charge < -0.3 is 14.6 Å². The normalized spacial score (nSPS) is 10.7. The summed E-state index contributed by atoms with van der Waals surface area (Å²) in [4.78, 5) is 22.9. The number of anilines is 1. The second-order valence-electron chi connectivity index (χ2n) is 7.02. The highest BCUT2D eigenvalue weighted by Crippen LogP contribution is 2.23. The third-order valence-corrected chi connectivity index (χ3v) is 5.81. The zero-order valence-corrected chi connectivity index (χ0v) is 19.0. The van der Waals surface area contributed by atoms with Crippen LogP contribution < -0.4 is 10.1 Å². The van der Waals surface area contributed by atoms with Gasteiger partial charge in [-0.05, 0) is 43.5 Å². The second-order valence-corrected chi connectivity index (χ2v) is 7.96. The smallest absolute Gasteiger partial charge is 0.271 e. The summed E-state index contributed by atoms with van der Waals surface area (Å²) in [5.74, 6) is 1.25. The van der Waals surface area contributed by atoms with E-state index in [4.69, 9.17) is 4.74 Å².